The molecule has 0 saturated carbocycles. The van der Waals surface area contributed by atoms with Crippen LogP contribution >= 0.6 is 0 Å². The van der Waals surface area contributed by atoms with E-state index in [1.165, 1.54) is 0 Å². The maximum Gasteiger partial charge on any atom is 0.157 e. The number of nitrogens with one attached hydrogen (secondary N) is 1. The van der Waals surface area contributed by atoms with Gasteiger partial charge in [0.2, 0.25) is 0 Å². The maximum absolute atomic E-state index is 11.9. The summed E-state index contributed by atoms with van der Waals surface area (Å²) in [7, 11) is 1.88. The third kappa shape index (κ3) is 3.68. The molecule has 2 aromatic rings. The highest BCUT2D eigenvalue weighted by molar-refractivity contribution is 5.84. The molecule has 1 heterocycles. The Morgan fingerprint density at radius 3 is 2.68 bits per heavy atom. The summed E-state index contributed by atoms with van der Waals surface area (Å²) < 4.78 is 1.79. The number of para-hydroxylation sites is 1. The topological polar surface area (TPSA) is 46.9 Å². The first-order valence-corrected chi connectivity index (χ1v) is 6.51. The fourth-order valence-electron chi connectivity index (χ4n) is 1.93. The van der Waals surface area contributed by atoms with Crippen LogP contribution in [-0.4, -0.2) is 22.1 Å². The summed E-state index contributed by atoms with van der Waals surface area (Å²) in [4.78, 5) is 11.9. The second-order valence-electron chi connectivity index (χ2n) is 4.54. The predicted molar refractivity (Wildman–Crippen MR) is 76.2 cm³/mol. The number of aromatic nitrogens is 2. The van der Waals surface area contributed by atoms with Crippen LogP contribution in [0.15, 0.2) is 36.4 Å². The first-order chi connectivity index (χ1) is 9.19. The number of carbonyl (C=O) groups is 1. The number of carbonyl (C=O) groups excluding carboxylic acids is 1. The molecule has 1 aromatic heterocycles. The lowest BCUT2D eigenvalue weighted by Gasteiger charge is -2.05. The van der Waals surface area contributed by atoms with Gasteiger partial charge in [-0.3, -0.25) is 9.48 Å². The van der Waals surface area contributed by atoms with E-state index in [4.69, 9.17) is 0 Å². The Balaban J connectivity index is 1.89. The Morgan fingerprint density at radius 2 is 2.05 bits per heavy atom. The predicted octanol–water partition coefficient (Wildman–Crippen LogP) is 2.21. The van der Waals surface area contributed by atoms with Crippen molar-refractivity contribution in [1.29, 1.82) is 0 Å². The minimum absolute atomic E-state index is 0.162. The van der Waals surface area contributed by atoms with Crippen molar-refractivity contribution in [1.82, 2.24) is 9.78 Å². The normalized spacial score (nSPS) is 10.4. The van der Waals surface area contributed by atoms with Crippen LogP contribution in [0.1, 0.15) is 18.3 Å². The molecule has 0 fully saturated rings. The SMILES string of the molecule is CCc1cc(CC(=O)CNc2ccccc2)n(C)n1. The van der Waals surface area contributed by atoms with Gasteiger partial charge in [-0.05, 0) is 24.6 Å². The lowest BCUT2D eigenvalue weighted by atomic mass is 10.2. The molecule has 19 heavy (non-hydrogen) atoms. The van der Waals surface area contributed by atoms with E-state index < -0.39 is 0 Å². The molecule has 1 aromatic carbocycles. The average Bonchev–Trinajstić information content (AvgIpc) is 2.78. The van der Waals surface area contributed by atoms with E-state index >= 15 is 0 Å². The van der Waals surface area contributed by atoms with Crippen molar-refractivity contribution in [3.8, 4) is 0 Å². The maximum atomic E-state index is 11.9. The molecule has 100 valence electrons. The first-order valence-electron chi connectivity index (χ1n) is 6.51. The Labute approximate surface area is 113 Å². The highest BCUT2D eigenvalue weighted by Gasteiger charge is 2.09. The second-order valence-corrected chi connectivity index (χ2v) is 4.54. The Morgan fingerprint density at radius 1 is 1.32 bits per heavy atom. The Hall–Kier alpha value is -2.10. The van der Waals surface area contributed by atoms with Crippen molar-refractivity contribution in [3.63, 3.8) is 0 Å². The van der Waals surface area contributed by atoms with Gasteiger partial charge in [0, 0.05) is 18.4 Å². The largest absolute Gasteiger partial charge is 0.378 e. The highest BCUT2D eigenvalue weighted by Crippen LogP contribution is 2.07. The highest BCUT2D eigenvalue weighted by atomic mass is 16.1. The van der Waals surface area contributed by atoms with Crippen LogP contribution in [0, 0.1) is 0 Å². The van der Waals surface area contributed by atoms with Crippen molar-refractivity contribution in [3.05, 3.63) is 47.8 Å². The zero-order chi connectivity index (χ0) is 13.7. The molecule has 0 aliphatic rings. The number of benzene rings is 1. The third-order valence-electron chi connectivity index (χ3n) is 3.03. The summed E-state index contributed by atoms with van der Waals surface area (Å²) in [5, 5.41) is 7.47. The van der Waals surface area contributed by atoms with Crippen LogP contribution < -0.4 is 5.32 Å². The second kappa shape index (κ2) is 6.18. The van der Waals surface area contributed by atoms with Crippen LogP contribution in [0.25, 0.3) is 0 Å². The molecule has 1 N–H and O–H groups in total. The standard InChI is InChI=1S/C15H19N3O/c1-3-12-9-14(18(2)17-12)10-15(19)11-16-13-7-5-4-6-8-13/h4-9,16H,3,10-11H2,1-2H3. The van der Waals surface area contributed by atoms with Crippen LogP contribution in [0.4, 0.5) is 5.69 Å². The van der Waals surface area contributed by atoms with Gasteiger partial charge in [0.05, 0.1) is 18.7 Å². The van der Waals surface area contributed by atoms with Gasteiger partial charge in [-0.25, -0.2) is 0 Å². The first kappa shape index (κ1) is 13.3. The number of anilines is 1. The lowest BCUT2D eigenvalue weighted by Crippen LogP contribution is -2.17. The molecule has 0 amide bonds. The number of hydrogen-bond donors (Lipinski definition) is 1. The molecular formula is C15H19N3O. The minimum Gasteiger partial charge on any atom is -0.378 e. The minimum atomic E-state index is 0.162. The fourth-order valence-corrected chi connectivity index (χ4v) is 1.93. The van der Waals surface area contributed by atoms with Gasteiger partial charge in [-0.15, -0.1) is 0 Å². The van der Waals surface area contributed by atoms with Crippen LogP contribution in [-0.2, 0) is 24.7 Å². The molecule has 0 aliphatic heterocycles. The quantitative estimate of drug-likeness (QED) is 0.863. The number of aryl methyl sites for hydroxylation is 2. The van der Waals surface area contributed by atoms with E-state index in [2.05, 4.69) is 17.3 Å². The molecule has 4 heteroatoms. The van der Waals surface area contributed by atoms with E-state index in [1.807, 2.05) is 43.4 Å². The van der Waals surface area contributed by atoms with Gasteiger partial charge in [0.25, 0.3) is 0 Å². The fraction of sp³-hybridized carbons (Fsp3) is 0.333. The molecule has 0 aliphatic carbocycles. The van der Waals surface area contributed by atoms with Crippen LogP contribution in [0.3, 0.4) is 0 Å². The van der Waals surface area contributed by atoms with Gasteiger partial charge >= 0.3 is 0 Å². The molecule has 4 nitrogen and oxygen atoms in total. The third-order valence-corrected chi connectivity index (χ3v) is 3.03. The zero-order valence-electron chi connectivity index (χ0n) is 11.4. The molecule has 0 spiro atoms. The zero-order valence-corrected chi connectivity index (χ0v) is 11.4. The number of Topliss-reactive ketones (excluding diaryl/α,β-unsaturated/α-hetero) is 1. The van der Waals surface area contributed by atoms with Crippen molar-refractivity contribution < 1.29 is 4.79 Å². The van der Waals surface area contributed by atoms with Gasteiger partial charge in [0.15, 0.2) is 5.78 Å². The van der Waals surface area contributed by atoms with Crippen molar-refractivity contribution in [2.75, 3.05) is 11.9 Å². The van der Waals surface area contributed by atoms with E-state index in [0.717, 1.165) is 23.5 Å². The van der Waals surface area contributed by atoms with Gasteiger partial charge in [0.1, 0.15) is 0 Å². The van der Waals surface area contributed by atoms with Crippen LogP contribution in [0.2, 0.25) is 0 Å². The molecule has 0 bridgehead atoms. The van der Waals surface area contributed by atoms with Crippen LogP contribution in [0.5, 0.6) is 0 Å². The molecule has 2 rings (SSSR count). The van der Waals surface area contributed by atoms with Crippen molar-refractivity contribution in [2.24, 2.45) is 7.05 Å². The van der Waals surface area contributed by atoms with Gasteiger partial charge in [-0.1, -0.05) is 25.1 Å². The lowest BCUT2D eigenvalue weighted by molar-refractivity contribution is -0.116. The van der Waals surface area contributed by atoms with Gasteiger partial charge in [-0.2, -0.15) is 5.10 Å². The summed E-state index contributed by atoms with van der Waals surface area (Å²) >= 11 is 0. The van der Waals surface area contributed by atoms with Crippen molar-refractivity contribution >= 4 is 11.5 Å². The summed E-state index contributed by atoms with van der Waals surface area (Å²) in [6.45, 7) is 2.40. The Bertz CT molecular complexity index is 546. The van der Waals surface area contributed by atoms with E-state index in [-0.39, 0.29) is 5.78 Å². The molecule has 0 radical (unpaired) electrons. The molecule has 0 unspecified atom stereocenters. The smallest absolute Gasteiger partial charge is 0.157 e. The van der Waals surface area contributed by atoms with Crippen molar-refractivity contribution in [2.45, 2.75) is 19.8 Å². The van der Waals surface area contributed by atoms with E-state index in [1.54, 1.807) is 4.68 Å². The summed E-state index contributed by atoms with van der Waals surface area (Å²) in [6, 6.07) is 11.7. The summed E-state index contributed by atoms with van der Waals surface area (Å²) in [6.07, 6.45) is 1.31. The average molecular weight is 257 g/mol. The molecule has 0 atom stereocenters. The number of ketones is 1. The van der Waals surface area contributed by atoms with Gasteiger partial charge < -0.3 is 5.32 Å². The number of rotatable bonds is 6. The Kier molecular flexibility index (Phi) is 4.34. The number of nitrogens with zero attached hydrogens (tertiary/aromatic N) is 2. The summed E-state index contributed by atoms with van der Waals surface area (Å²) in [5.74, 6) is 0.162. The summed E-state index contributed by atoms with van der Waals surface area (Å²) in [5.41, 5.74) is 2.97. The molecule has 0 saturated heterocycles. The van der Waals surface area contributed by atoms with E-state index in [0.29, 0.717) is 13.0 Å². The van der Waals surface area contributed by atoms with E-state index in [9.17, 15) is 4.79 Å². The molecular weight excluding hydrogens is 238 g/mol. The monoisotopic (exact) mass is 257 g/mol. The number of hydrogen-bond acceptors (Lipinski definition) is 3.